The fourth-order valence-corrected chi connectivity index (χ4v) is 2.26. The molecular weight excluding hydrogens is 239 g/mol. The van der Waals surface area contributed by atoms with Gasteiger partial charge in [-0.15, -0.1) is 0 Å². The highest BCUT2D eigenvalue weighted by atomic mass is 35.5. The molecule has 0 unspecified atom stereocenters. The summed E-state index contributed by atoms with van der Waals surface area (Å²) in [6.45, 7) is 0. The van der Waals surface area contributed by atoms with Gasteiger partial charge in [-0.05, 0) is 18.2 Å². The Balaban J connectivity index is 2.55. The molecule has 14 heavy (non-hydrogen) atoms. The van der Waals surface area contributed by atoms with E-state index < -0.39 is 0 Å². The van der Waals surface area contributed by atoms with E-state index in [1.807, 2.05) is 0 Å². The number of anilines is 1. The van der Waals surface area contributed by atoms with Crippen LogP contribution in [0.25, 0.3) is 10.4 Å². The number of hydrogen-bond acceptors (Lipinski definition) is 3. The molecule has 1 aromatic carbocycles. The minimum Gasteiger partial charge on any atom is -0.375 e. The molecule has 0 atom stereocenters. The highest BCUT2D eigenvalue weighted by Gasteiger charge is 2.07. The highest BCUT2D eigenvalue weighted by Crippen LogP contribution is 2.34. The molecule has 1 aromatic heterocycles. The molecule has 0 amide bonds. The zero-order chi connectivity index (χ0) is 10.1. The third-order valence-electron chi connectivity index (χ3n) is 1.72. The van der Waals surface area contributed by atoms with Crippen molar-refractivity contribution in [2.24, 2.45) is 0 Å². The van der Waals surface area contributed by atoms with Gasteiger partial charge in [0.2, 0.25) is 0 Å². The van der Waals surface area contributed by atoms with Crippen molar-refractivity contribution in [2.45, 2.75) is 0 Å². The van der Waals surface area contributed by atoms with E-state index in [9.17, 15) is 0 Å². The van der Waals surface area contributed by atoms with Crippen LogP contribution in [0, 0.1) is 0 Å². The van der Waals surface area contributed by atoms with Gasteiger partial charge in [-0.25, -0.2) is 4.98 Å². The van der Waals surface area contributed by atoms with E-state index in [0.29, 0.717) is 15.2 Å². The van der Waals surface area contributed by atoms with E-state index in [4.69, 9.17) is 28.9 Å². The molecule has 5 heteroatoms. The van der Waals surface area contributed by atoms with Crippen molar-refractivity contribution in [2.75, 3.05) is 5.73 Å². The zero-order valence-electron chi connectivity index (χ0n) is 7.00. The first-order valence-corrected chi connectivity index (χ1v) is 5.41. The average molecular weight is 245 g/mol. The quantitative estimate of drug-likeness (QED) is 0.831. The summed E-state index contributed by atoms with van der Waals surface area (Å²) in [5.41, 5.74) is 6.40. The Morgan fingerprint density at radius 3 is 2.71 bits per heavy atom. The van der Waals surface area contributed by atoms with Crippen molar-refractivity contribution in [3.8, 4) is 10.4 Å². The van der Waals surface area contributed by atoms with E-state index in [1.165, 1.54) is 11.3 Å². The van der Waals surface area contributed by atoms with Crippen molar-refractivity contribution in [1.29, 1.82) is 0 Å². The fourth-order valence-electron chi connectivity index (χ4n) is 1.10. The number of thiazole rings is 1. The summed E-state index contributed by atoms with van der Waals surface area (Å²) in [7, 11) is 0. The van der Waals surface area contributed by atoms with Gasteiger partial charge in [0.15, 0.2) is 5.13 Å². The number of nitrogens with zero attached hydrogens (tertiary/aromatic N) is 1. The summed E-state index contributed by atoms with van der Waals surface area (Å²) >= 11 is 13.3. The minimum absolute atomic E-state index is 0.524. The van der Waals surface area contributed by atoms with Gasteiger partial charge in [-0.1, -0.05) is 34.5 Å². The van der Waals surface area contributed by atoms with Crippen LogP contribution in [0.2, 0.25) is 10.0 Å². The normalized spacial score (nSPS) is 10.4. The summed E-state index contributed by atoms with van der Waals surface area (Å²) in [5.74, 6) is 0. The van der Waals surface area contributed by atoms with E-state index in [0.717, 1.165) is 10.4 Å². The van der Waals surface area contributed by atoms with Gasteiger partial charge in [0.1, 0.15) is 0 Å². The molecule has 0 spiro atoms. The van der Waals surface area contributed by atoms with Crippen LogP contribution < -0.4 is 5.73 Å². The number of halogens is 2. The van der Waals surface area contributed by atoms with E-state index >= 15 is 0 Å². The number of nitrogen functional groups attached to an aromatic ring is 1. The van der Waals surface area contributed by atoms with Crippen molar-refractivity contribution >= 4 is 39.7 Å². The molecule has 0 bridgehead atoms. The van der Waals surface area contributed by atoms with Gasteiger partial charge in [0.05, 0.1) is 4.88 Å². The SMILES string of the molecule is Nc1ncc(-c2cc(Cl)ccc2Cl)s1. The second kappa shape index (κ2) is 3.77. The van der Waals surface area contributed by atoms with Crippen LogP contribution in [0.5, 0.6) is 0 Å². The van der Waals surface area contributed by atoms with E-state index in [2.05, 4.69) is 4.98 Å². The van der Waals surface area contributed by atoms with Gasteiger partial charge in [-0.3, -0.25) is 0 Å². The van der Waals surface area contributed by atoms with Crippen molar-refractivity contribution < 1.29 is 0 Å². The predicted octanol–water partition coefficient (Wildman–Crippen LogP) is 3.70. The average Bonchev–Trinajstić information content (AvgIpc) is 2.56. The molecular formula is C9H6Cl2N2S. The number of rotatable bonds is 1. The van der Waals surface area contributed by atoms with Crippen LogP contribution in [0.1, 0.15) is 0 Å². The Morgan fingerprint density at radius 2 is 2.07 bits per heavy atom. The van der Waals surface area contributed by atoms with Gasteiger partial charge >= 0.3 is 0 Å². The molecule has 0 saturated heterocycles. The Bertz CT molecular complexity index is 468. The molecule has 0 aliphatic heterocycles. The van der Waals surface area contributed by atoms with Gasteiger partial charge in [0.25, 0.3) is 0 Å². The van der Waals surface area contributed by atoms with E-state index in [-0.39, 0.29) is 0 Å². The van der Waals surface area contributed by atoms with Gasteiger partial charge in [-0.2, -0.15) is 0 Å². The van der Waals surface area contributed by atoms with Crippen molar-refractivity contribution in [3.05, 3.63) is 34.4 Å². The first-order chi connectivity index (χ1) is 6.66. The molecule has 0 fully saturated rings. The molecule has 2 nitrogen and oxygen atoms in total. The molecule has 1 heterocycles. The number of benzene rings is 1. The Labute approximate surface area is 95.3 Å². The first-order valence-electron chi connectivity index (χ1n) is 3.83. The van der Waals surface area contributed by atoms with Crippen LogP contribution in [0.3, 0.4) is 0 Å². The second-order valence-electron chi connectivity index (χ2n) is 2.69. The Hall–Kier alpha value is -0.770. The Morgan fingerprint density at radius 1 is 1.29 bits per heavy atom. The third-order valence-corrected chi connectivity index (χ3v) is 3.14. The summed E-state index contributed by atoms with van der Waals surface area (Å²) in [6.07, 6.45) is 1.69. The van der Waals surface area contributed by atoms with Crippen molar-refractivity contribution in [1.82, 2.24) is 4.98 Å². The third kappa shape index (κ3) is 1.85. The Kier molecular flexibility index (Phi) is 2.63. The molecule has 2 aromatic rings. The van der Waals surface area contributed by atoms with Crippen LogP contribution in [0.15, 0.2) is 24.4 Å². The maximum Gasteiger partial charge on any atom is 0.180 e. The number of aromatic nitrogens is 1. The lowest BCUT2D eigenvalue weighted by atomic mass is 10.2. The molecule has 2 N–H and O–H groups in total. The van der Waals surface area contributed by atoms with Crippen LogP contribution in [-0.2, 0) is 0 Å². The van der Waals surface area contributed by atoms with Crippen LogP contribution in [0.4, 0.5) is 5.13 Å². The zero-order valence-corrected chi connectivity index (χ0v) is 9.33. The topological polar surface area (TPSA) is 38.9 Å². The second-order valence-corrected chi connectivity index (χ2v) is 4.59. The fraction of sp³-hybridized carbons (Fsp3) is 0. The predicted molar refractivity (Wildman–Crippen MR) is 62.0 cm³/mol. The smallest absolute Gasteiger partial charge is 0.180 e. The largest absolute Gasteiger partial charge is 0.375 e. The molecule has 0 saturated carbocycles. The molecule has 0 radical (unpaired) electrons. The maximum absolute atomic E-state index is 6.02. The lowest BCUT2D eigenvalue weighted by Crippen LogP contribution is -1.77. The summed E-state index contributed by atoms with van der Waals surface area (Å²) in [5, 5.41) is 1.82. The van der Waals surface area contributed by atoms with E-state index in [1.54, 1.807) is 24.4 Å². The van der Waals surface area contributed by atoms with Gasteiger partial charge < -0.3 is 5.73 Å². The molecule has 72 valence electrons. The van der Waals surface area contributed by atoms with Crippen molar-refractivity contribution in [3.63, 3.8) is 0 Å². The first kappa shape index (κ1) is 9.77. The lowest BCUT2D eigenvalue weighted by molar-refractivity contribution is 1.42. The monoisotopic (exact) mass is 244 g/mol. The molecule has 0 aliphatic rings. The van der Waals surface area contributed by atoms with Gasteiger partial charge in [0, 0.05) is 21.8 Å². The molecule has 2 rings (SSSR count). The minimum atomic E-state index is 0.524. The summed E-state index contributed by atoms with van der Waals surface area (Å²) in [4.78, 5) is 4.88. The standard InChI is InChI=1S/C9H6Cl2N2S/c10-5-1-2-7(11)6(3-5)8-4-13-9(12)14-8/h1-4H,(H2,12,13). The van der Waals surface area contributed by atoms with Crippen LogP contribution in [-0.4, -0.2) is 4.98 Å². The summed E-state index contributed by atoms with van der Waals surface area (Å²) in [6, 6.07) is 5.31. The number of hydrogen-bond donors (Lipinski definition) is 1. The maximum atomic E-state index is 6.02. The summed E-state index contributed by atoms with van der Waals surface area (Å²) < 4.78 is 0. The number of nitrogens with two attached hydrogens (primary N) is 1. The molecule has 0 aliphatic carbocycles. The lowest BCUT2D eigenvalue weighted by Gasteiger charge is -2.00. The van der Waals surface area contributed by atoms with Crippen LogP contribution >= 0.6 is 34.5 Å². The highest BCUT2D eigenvalue weighted by molar-refractivity contribution is 7.18.